The number of hydrogen-bond acceptors (Lipinski definition) is 6. The zero-order valence-electron chi connectivity index (χ0n) is 13.7. The molecule has 1 aliphatic rings. The molecule has 25 heavy (non-hydrogen) atoms. The van der Waals surface area contributed by atoms with E-state index in [0.717, 1.165) is 42.7 Å². The maximum atomic E-state index is 12.4. The van der Waals surface area contributed by atoms with Crippen LogP contribution in [0.25, 0.3) is 5.82 Å². The van der Waals surface area contributed by atoms with Crippen LogP contribution in [0.1, 0.15) is 4.88 Å². The average Bonchev–Trinajstić information content (AvgIpc) is 3.36. The monoisotopic (exact) mass is 354 g/mol. The maximum absolute atomic E-state index is 12.4. The summed E-state index contributed by atoms with van der Waals surface area (Å²) in [6.45, 7) is 2.98. The van der Waals surface area contributed by atoms with Gasteiger partial charge in [0.1, 0.15) is 6.33 Å². The summed E-state index contributed by atoms with van der Waals surface area (Å²) in [6.07, 6.45) is 5.74. The molecule has 0 aromatic carbocycles. The lowest BCUT2D eigenvalue weighted by Gasteiger charge is -2.35. The molecule has 0 atom stereocenters. The minimum atomic E-state index is 0.198. The highest BCUT2D eigenvalue weighted by Crippen LogP contribution is 2.16. The van der Waals surface area contributed by atoms with Gasteiger partial charge in [-0.1, -0.05) is 6.07 Å². The van der Waals surface area contributed by atoms with Gasteiger partial charge in [0, 0.05) is 43.4 Å². The summed E-state index contributed by atoms with van der Waals surface area (Å²) in [5.41, 5.74) is 0. The van der Waals surface area contributed by atoms with Gasteiger partial charge in [-0.25, -0.2) is 4.98 Å². The van der Waals surface area contributed by atoms with Gasteiger partial charge in [0.25, 0.3) is 0 Å². The Kier molecular flexibility index (Phi) is 4.43. The summed E-state index contributed by atoms with van der Waals surface area (Å²) < 4.78 is 1.82. The molecule has 0 spiro atoms. The first kappa shape index (κ1) is 15.8. The van der Waals surface area contributed by atoms with Crippen LogP contribution in [0.5, 0.6) is 0 Å². The van der Waals surface area contributed by atoms with Crippen molar-refractivity contribution in [2.75, 3.05) is 31.1 Å². The first-order valence-electron chi connectivity index (χ1n) is 8.17. The van der Waals surface area contributed by atoms with Gasteiger partial charge in [-0.3, -0.25) is 9.36 Å². The smallest absolute Gasteiger partial charge is 0.227 e. The number of imidazole rings is 1. The average molecular weight is 354 g/mol. The molecule has 0 N–H and O–H groups in total. The topological polar surface area (TPSA) is 67.2 Å². The van der Waals surface area contributed by atoms with Gasteiger partial charge in [0.05, 0.1) is 6.42 Å². The van der Waals surface area contributed by atoms with Crippen LogP contribution in [0, 0.1) is 0 Å². The Morgan fingerprint density at radius 3 is 2.52 bits per heavy atom. The fourth-order valence-corrected chi connectivity index (χ4v) is 3.57. The third kappa shape index (κ3) is 3.53. The Labute approximate surface area is 149 Å². The number of carbonyl (C=O) groups is 1. The molecule has 4 rings (SSSR count). The van der Waals surface area contributed by atoms with Crippen LogP contribution >= 0.6 is 11.3 Å². The molecule has 0 saturated carbocycles. The number of carbonyl (C=O) groups excluding carboxylic acids is 1. The van der Waals surface area contributed by atoms with Crippen LogP contribution < -0.4 is 4.90 Å². The number of rotatable bonds is 4. The third-order valence-corrected chi connectivity index (χ3v) is 5.14. The second kappa shape index (κ2) is 7.02. The van der Waals surface area contributed by atoms with Crippen molar-refractivity contribution in [1.82, 2.24) is 24.6 Å². The lowest BCUT2D eigenvalue weighted by atomic mass is 10.2. The van der Waals surface area contributed by atoms with Crippen LogP contribution in [-0.4, -0.2) is 56.7 Å². The van der Waals surface area contributed by atoms with Crippen molar-refractivity contribution in [2.45, 2.75) is 6.42 Å². The molecule has 4 heterocycles. The van der Waals surface area contributed by atoms with Crippen LogP contribution in [0.4, 0.5) is 5.82 Å². The van der Waals surface area contributed by atoms with Crippen molar-refractivity contribution in [3.8, 4) is 5.82 Å². The van der Waals surface area contributed by atoms with Gasteiger partial charge in [0.2, 0.25) is 5.91 Å². The minimum Gasteiger partial charge on any atom is -0.352 e. The summed E-state index contributed by atoms with van der Waals surface area (Å²) in [7, 11) is 0. The molecule has 1 fully saturated rings. The molecular weight excluding hydrogens is 336 g/mol. The first-order chi connectivity index (χ1) is 12.3. The van der Waals surface area contributed by atoms with Crippen LogP contribution in [-0.2, 0) is 11.2 Å². The molecule has 8 heteroatoms. The standard InChI is InChI=1S/C17H18N6OS/c24-17(12-14-2-1-11-25-14)22-9-7-21(8-10-22)15-3-4-16(20-19-15)23-6-5-18-13-23/h1-6,11,13H,7-10,12H2. The Hall–Kier alpha value is -2.74. The van der Waals surface area contributed by atoms with Gasteiger partial charge >= 0.3 is 0 Å². The Morgan fingerprint density at radius 2 is 1.88 bits per heavy atom. The predicted molar refractivity (Wildman–Crippen MR) is 96.0 cm³/mol. The first-order valence-corrected chi connectivity index (χ1v) is 9.05. The van der Waals surface area contributed by atoms with Crippen molar-refractivity contribution < 1.29 is 4.79 Å². The van der Waals surface area contributed by atoms with E-state index >= 15 is 0 Å². The number of hydrogen-bond donors (Lipinski definition) is 0. The number of nitrogens with zero attached hydrogens (tertiary/aromatic N) is 6. The predicted octanol–water partition coefficient (Wildman–Crippen LogP) is 1.62. The lowest BCUT2D eigenvalue weighted by molar-refractivity contribution is -0.130. The van der Waals surface area contributed by atoms with E-state index in [1.54, 1.807) is 23.9 Å². The molecule has 1 amide bonds. The van der Waals surface area contributed by atoms with E-state index in [1.165, 1.54) is 0 Å². The number of thiophene rings is 1. The van der Waals surface area contributed by atoms with E-state index in [9.17, 15) is 4.79 Å². The highest BCUT2D eigenvalue weighted by Gasteiger charge is 2.22. The van der Waals surface area contributed by atoms with E-state index in [0.29, 0.717) is 6.42 Å². The second-order valence-electron chi connectivity index (χ2n) is 5.84. The fourth-order valence-electron chi connectivity index (χ4n) is 2.88. The number of anilines is 1. The Morgan fingerprint density at radius 1 is 1.08 bits per heavy atom. The van der Waals surface area contributed by atoms with Crippen molar-refractivity contribution in [1.29, 1.82) is 0 Å². The third-order valence-electron chi connectivity index (χ3n) is 4.27. The van der Waals surface area contributed by atoms with Crippen molar-refractivity contribution in [3.63, 3.8) is 0 Å². The molecule has 3 aromatic rings. The van der Waals surface area contributed by atoms with E-state index < -0.39 is 0 Å². The largest absolute Gasteiger partial charge is 0.352 e. The van der Waals surface area contributed by atoms with Gasteiger partial charge < -0.3 is 9.80 Å². The molecule has 0 unspecified atom stereocenters. The normalized spacial score (nSPS) is 14.7. The van der Waals surface area contributed by atoms with E-state index in [2.05, 4.69) is 20.1 Å². The molecule has 7 nitrogen and oxygen atoms in total. The van der Waals surface area contributed by atoms with Crippen LogP contribution in [0.15, 0.2) is 48.4 Å². The quantitative estimate of drug-likeness (QED) is 0.712. The van der Waals surface area contributed by atoms with Crippen LogP contribution in [0.3, 0.4) is 0 Å². The Bertz CT molecular complexity index is 807. The molecule has 0 aliphatic carbocycles. The minimum absolute atomic E-state index is 0.198. The highest BCUT2D eigenvalue weighted by molar-refractivity contribution is 7.10. The zero-order valence-corrected chi connectivity index (χ0v) is 14.5. The number of piperazine rings is 1. The van der Waals surface area contributed by atoms with E-state index in [-0.39, 0.29) is 5.91 Å². The Balaban J connectivity index is 1.34. The van der Waals surface area contributed by atoms with Crippen molar-refractivity contribution in [2.24, 2.45) is 0 Å². The van der Waals surface area contributed by atoms with E-state index in [1.807, 2.05) is 45.3 Å². The number of aromatic nitrogens is 4. The summed E-state index contributed by atoms with van der Waals surface area (Å²) in [5, 5.41) is 10.6. The summed E-state index contributed by atoms with van der Waals surface area (Å²) in [5.74, 6) is 1.78. The van der Waals surface area contributed by atoms with E-state index in [4.69, 9.17) is 0 Å². The lowest BCUT2D eigenvalue weighted by Crippen LogP contribution is -2.49. The highest BCUT2D eigenvalue weighted by atomic mass is 32.1. The fraction of sp³-hybridized carbons (Fsp3) is 0.294. The van der Waals surface area contributed by atoms with Crippen molar-refractivity contribution in [3.05, 3.63) is 53.2 Å². The second-order valence-corrected chi connectivity index (χ2v) is 6.88. The van der Waals surface area contributed by atoms with Crippen LogP contribution in [0.2, 0.25) is 0 Å². The summed E-state index contributed by atoms with van der Waals surface area (Å²) in [4.78, 5) is 21.6. The summed E-state index contributed by atoms with van der Waals surface area (Å²) >= 11 is 1.63. The van der Waals surface area contributed by atoms with Crippen molar-refractivity contribution >= 4 is 23.1 Å². The SMILES string of the molecule is O=C(Cc1cccs1)N1CCN(c2ccc(-n3ccnc3)nn2)CC1. The van der Waals surface area contributed by atoms with Gasteiger partial charge in [-0.2, -0.15) is 0 Å². The molecule has 3 aromatic heterocycles. The molecule has 0 radical (unpaired) electrons. The molecular formula is C17H18N6OS. The maximum Gasteiger partial charge on any atom is 0.227 e. The number of amides is 1. The van der Waals surface area contributed by atoms with Gasteiger partial charge in [-0.05, 0) is 23.6 Å². The molecule has 0 bridgehead atoms. The van der Waals surface area contributed by atoms with Gasteiger partial charge in [-0.15, -0.1) is 21.5 Å². The molecule has 1 aliphatic heterocycles. The van der Waals surface area contributed by atoms with Gasteiger partial charge in [0.15, 0.2) is 11.6 Å². The zero-order chi connectivity index (χ0) is 17.1. The molecule has 1 saturated heterocycles. The summed E-state index contributed by atoms with van der Waals surface area (Å²) in [6, 6.07) is 7.89. The molecule has 128 valence electrons.